The third kappa shape index (κ3) is 5.76. The van der Waals surface area contributed by atoms with Crippen LogP contribution in [0.1, 0.15) is 0 Å². The molecule has 3 nitrogen and oxygen atoms in total. The van der Waals surface area contributed by atoms with Crippen LogP contribution < -0.4 is 20.7 Å². The van der Waals surface area contributed by atoms with E-state index < -0.39 is 8.07 Å². The lowest BCUT2D eigenvalue weighted by Gasteiger charge is -2.35. The van der Waals surface area contributed by atoms with E-state index in [0.29, 0.717) is 0 Å². The maximum atomic E-state index is 2.53. The van der Waals surface area contributed by atoms with Crippen LogP contribution in [0.15, 0.2) is 261 Å². The molecule has 332 valence electrons. The van der Waals surface area contributed by atoms with Gasteiger partial charge < -0.3 is 13.7 Å². The normalized spacial score (nSPS) is 12.2. The summed E-state index contributed by atoms with van der Waals surface area (Å²) in [6.45, 7) is 0. The maximum Gasteiger partial charge on any atom is 0.180 e. The van der Waals surface area contributed by atoms with Gasteiger partial charge in [-0.2, -0.15) is 0 Å². The van der Waals surface area contributed by atoms with Crippen molar-refractivity contribution in [1.29, 1.82) is 0 Å². The fourth-order valence-corrected chi connectivity index (χ4v) is 18.5. The summed E-state index contributed by atoms with van der Waals surface area (Å²) in [4.78, 5) is 0. The van der Waals surface area contributed by atoms with E-state index in [1.165, 1.54) is 112 Å². The van der Waals surface area contributed by atoms with Gasteiger partial charge in [0.15, 0.2) is 8.07 Å². The Bertz CT molecular complexity index is 4500. The highest BCUT2D eigenvalue weighted by atomic mass is 32.1. The Labute approximate surface area is 415 Å². The Morgan fingerprint density at radius 1 is 0.282 bits per heavy atom. The smallest absolute Gasteiger partial charge is 0.180 e. The van der Waals surface area contributed by atoms with Gasteiger partial charge >= 0.3 is 0 Å². The summed E-state index contributed by atoms with van der Waals surface area (Å²) in [5.41, 5.74) is 10.7. The van der Waals surface area contributed by atoms with Crippen molar-refractivity contribution in [3.05, 3.63) is 261 Å². The van der Waals surface area contributed by atoms with Crippen molar-refractivity contribution in [2.24, 2.45) is 0 Å². The van der Waals surface area contributed by atoms with Crippen LogP contribution in [0.3, 0.4) is 0 Å². The maximum absolute atomic E-state index is 3.14. The molecule has 0 radical (unpaired) electrons. The molecule has 15 aromatic rings. The minimum atomic E-state index is -3.14. The van der Waals surface area contributed by atoms with E-state index in [9.17, 15) is 0 Å². The van der Waals surface area contributed by atoms with Gasteiger partial charge in [-0.3, -0.25) is 0 Å². The lowest BCUT2D eigenvalue weighted by atomic mass is 10.1. The molecule has 0 N–H and O–H groups in total. The standard InChI is InChI=1S/C66H43N3SSi/c1-3-21-46(22-4-1)71(47-23-5-2-6-24-47,48-25-17-20-44(42-48)67-56-32-12-7-26-49(56)50-27-8-13-33-57(50)67)64-39-19-36-60-65(64)55-30-10-15-35-59(55)68(60)45-40-41-52-51-28-9-14-34-58(51)69(62(52)43-45)61-37-18-31-54-53-29-11-16-38-63(53)70-66(54)61/h1-43H. The second-order valence-electron chi connectivity index (χ2n) is 18.8. The third-order valence-corrected chi connectivity index (χ3v) is 21.2. The summed E-state index contributed by atoms with van der Waals surface area (Å²) in [6, 6.07) is 97.8. The van der Waals surface area contributed by atoms with E-state index in [1.807, 2.05) is 11.3 Å². The molecule has 0 saturated heterocycles. The zero-order chi connectivity index (χ0) is 46.6. The van der Waals surface area contributed by atoms with E-state index in [1.54, 1.807) is 0 Å². The predicted molar refractivity (Wildman–Crippen MR) is 306 cm³/mol. The molecule has 0 amide bonds. The Morgan fingerprint density at radius 3 is 1.42 bits per heavy atom. The van der Waals surface area contributed by atoms with Crippen molar-refractivity contribution >= 4 is 126 Å². The van der Waals surface area contributed by atoms with Gasteiger partial charge in [0, 0.05) is 59.2 Å². The largest absolute Gasteiger partial charge is 0.309 e. The molecule has 0 unspecified atom stereocenters. The molecule has 0 aliphatic heterocycles. The van der Waals surface area contributed by atoms with Crippen LogP contribution in [0.25, 0.3) is 103 Å². The van der Waals surface area contributed by atoms with Crippen molar-refractivity contribution in [3.8, 4) is 17.1 Å². The summed E-state index contributed by atoms with van der Waals surface area (Å²) in [5.74, 6) is 0. The van der Waals surface area contributed by atoms with Crippen LogP contribution in [0.5, 0.6) is 0 Å². The Morgan fingerprint density at radius 2 is 0.746 bits per heavy atom. The average molecular weight is 938 g/mol. The molecular weight excluding hydrogens is 895 g/mol. The lowest BCUT2D eigenvalue weighted by Crippen LogP contribution is -2.74. The topological polar surface area (TPSA) is 14.8 Å². The van der Waals surface area contributed by atoms with Gasteiger partial charge in [0.1, 0.15) is 0 Å². The third-order valence-electron chi connectivity index (χ3n) is 15.2. The zero-order valence-corrected chi connectivity index (χ0v) is 40.4. The molecule has 71 heavy (non-hydrogen) atoms. The van der Waals surface area contributed by atoms with Crippen molar-refractivity contribution in [2.45, 2.75) is 0 Å². The van der Waals surface area contributed by atoms with Gasteiger partial charge in [-0.05, 0) is 87.5 Å². The van der Waals surface area contributed by atoms with Crippen molar-refractivity contribution in [3.63, 3.8) is 0 Å². The number of hydrogen-bond acceptors (Lipinski definition) is 1. The van der Waals surface area contributed by atoms with Crippen LogP contribution in [-0.2, 0) is 0 Å². The number of nitrogens with zero attached hydrogens (tertiary/aromatic N) is 3. The molecule has 11 aromatic carbocycles. The highest BCUT2D eigenvalue weighted by Gasteiger charge is 2.43. The number of benzene rings is 11. The van der Waals surface area contributed by atoms with E-state index in [4.69, 9.17) is 0 Å². The number of rotatable bonds is 7. The SMILES string of the molecule is c1ccc([Si](c2ccccc2)(c2cccc(-n3c4ccccc4c4ccccc43)c2)c2cccc3c2c2ccccc2n3-c2ccc3c4ccccc4n(-c4cccc5c4sc4ccccc45)c3c2)cc1. The first-order chi connectivity index (χ1) is 35.3. The van der Waals surface area contributed by atoms with E-state index in [-0.39, 0.29) is 0 Å². The highest BCUT2D eigenvalue weighted by molar-refractivity contribution is 7.26. The molecule has 0 atom stereocenters. The molecule has 0 saturated carbocycles. The van der Waals surface area contributed by atoms with Crippen LogP contribution >= 0.6 is 11.3 Å². The van der Waals surface area contributed by atoms with Gasteiger partial charge in [0.2, 0.25) is 0 Å². The lowest BCUT2D eigenvalue weighted by molar-refractivity contribution is 1.16. The van der Waals surface area contributed by atoms with Crippen LogP contribution in [0.4, 0.5) is 0 Å². The second-order valence-corrected chi connectivity index (χ2v) is 23.6. The molecule has 0 aliphatic rings. The molecular formula is C66H43N3SSi. The Balaban J connectivity index is 1.02. The van der Waals surface area contributed by atoms with Gasteiger partial charge in [0.25, 0.3) is 0 Å². The summed E-state index contributed by atoms with van der Waals surface area (Å²) < 4.78 is 10.1. The van der Waals surface area contributed by atoms with Gasteiger partial charge in [-0.15, -0.1) is 11.3 Å². The number of aromatic nitrogens is 3. The minimum Gasteiger partial charge on any atom is -0.309 e. The molecule has 5 heteroatoms. The first-order valence-electron chi connectivity index (χ1n) is 24.4. The fourth-order valence-electron chi connectivity index (χ4n) is 12.3. The Kier molecular flexibility index (Phi) is 8.85. The van der Waals surface area contributed by atoms with Crippen LogP contribution in [0.2, 0.25) is 0 Å². The number of hydrogen-bond donors (Lipinski definition) is 0. The van der Waals surface area contributed by atoms with Gasteiger partial charge in [0.05, 0.1) is 43.5 Å². The predicted octanol–water partition coefficient (Wildman–Crippen LogP) is 14.7. The van der Waals surface area contributed by atoms with Crippen LogP contribution in [-0.4, -0.2) is 21.8 Å². The summed E-state index contributed by atoms with van der Waals surface area (Å²) in [7, 11) is -3.14. The van der Waals surface area contributed by atoms with E-state index in [0.717, 1.165) is 11.4 Å². The van der Waals surface area contributed by atoms with Crippen molar-refractivity contribution in [2.75, 3.05) is 0 Å². The fraction of sp³-hybridized carbons (Fsp3) is 0. The highest BCUT2D eigenvalue weighted by Crippen LogP contribution is 2.42. The average Bonchev–Trinajstić information content (AvgIpc) is 4.19. The first-order valence-corrected chi connectivity index (χ1v) is 27.2. The zero-order valence-electron chi connectivity index (χ0n) is 38.6. The molecule has 0 bridgehead atoms. The number of para-hydroxylation sites is 4. The van der Waals surface area contributed by atoms with Gasteiger partial charge in [-0.1, -0.05) is 194 Å². The molecule has 4 aromatic heterocycles. The Hall–Kier alpha value is -8.74. The van der Waals surface area contributed by atoms with Crippen LogP contribution in [0, 0.1) is 0 Å². The first kappa shape index (κ1) is 40.2. The van der Waals surface area contributed by atoms with Gasteiger partial charge in [-0.25, -0.2) is 0 Å². The molecule has 15 rings (SSSR count). The number of fused-ring (bicyclic) bond motifs is 12. The second kappa shape index (κ2) is 15.6. The van der Waals surface area contributed by atoms with E-state index in [2.05, 4.69) is 275 Å². The number of thiophene rings is 1. The van der Waals surface area contributed by atoms with Crippen molar-refractivity contribution in [1.82, 2.24) is 13.7 Å². The van der Waals surface area contributed by atoms with E-state index >= 15 is 0 Å². The summed E-state index contributed by atoms with van der Waals surface area (Å²) in [6.07, 6.45) is 0. The van der Waals surface area contributed by atoms with Crippen molar-refractivity contribution < 1.29 is 0 Å². The summed E-state index contributed by atoms with van der Waals surface area (Å²) >= 11 is 1.88. The minimum absolute atomic E-state index is 1.13. The molecule has 0 aliphatic carbocycles. The monoisotopic (exact) mass is 937 g/mol. The molecule has 0 spiro atoms. The molecule has 0 fully saturated rings. The summed E-state index contributed by atoms with van der Waals surface area (Å²) in [5, 5.41) is 15.5. The molecule has 4 heterocycles. The quantitative estimate of drug-likeness (QED) is 0.112.